The van der Waals surface area contributed by atoms with Crippen molar-refractivity contribution in [2.45, 2.75) is 20.1 Å². The molecule has 0 aliphatic carbocycles. The van der Waals surface area contributed by atoms with E-state index in [4.69, 9.17) is 16.6 Å². The highest BCUT2D eigenvalue weighted by molar-refractivity contribution is 5.61. The Labute approximate surface area is 64.6 Å². The Morgan fingerprint density at radius 2 is 2.18 bits per heavy atom. The first-order chi connectivity index (χ1) is 5.20. The van der Waals surface area contributed by atoms with Gasteiger partial charge in [0.15, 0.2) is 5.82 Å². The van der Waals surface area contributed by atoms with Gasteiger partial charge in [-0.15, -0.1) is 0 Å². The molecule has 0 saturated heterocycles. The van der Waals surface area contributed by atoms with Gasteiger partial charge >= 0.3 is 0 Å². The molecule has 0 spiro atoms. The van der Waals surface area contributed by atoms with Gasteiger partial charge in [0, 0.05) is 6.54 Å². The number of aliphatic hydroxyl groups is 1. The highest BCUT2D eigenvalue weighted by Crippen LogP contribution is 2.18. The molecule has 1 aromatic rings. The lowest BCUT2D eigenvalue weighted by atomic mass is 10.3. The summed E-state index contributed by atoms with van der Waals surface area (Å²) in [5.41, 5.74) is 11.9. The summed E-state index contributed by atoms with van der Waals surface area (Å²) in [7, 11) is 0. The molecule has 1 aromatic heterocycles. The summed E-state index contributed by atoms with van der Waals surface area (Å²) in [6.45, 7) is 2.45. The maximum atomic E-state index is 8.85. The van der Waals surface area contributed by atoms with Gasteiger partial charge in [-0.25, -0.2) is 0 Å². The van der Waals surface area contributed by atoms with E-state index in [0.717, 1.165) is 0 Å². The molecule has 0 atom stereocenters. The maximum absolute atomic E-state index is 8.85. The predicted molar refractivity (Wildman–Crippen MR) is 42.6 cm³/mol. The van der Waals surface area contributed by atoms with Gasteiger partial charge in [-0.05, 0) is 6.92 Å². The topological polar surface area (TPSA) is 90.1 Å². The van der Waals surface area contributed by atoms with E-state index >= 15 is 0 Å². The van der Waals surface area contributed by atoms with E-state index in [1.165, 1.54) is 0 Å². The minimum Gasteiger partial charge on any atom is -0.394 e. The van der Waals surface area contributed by atoms with E-state index in [-0.39, 0.29) is 12.4 Å². The molecule has 11 heavy (non-hydrogen) atoms. The number of nitrogen functional groups attached to an aromatic ring is 2. The molecule has 0 aliphatic rings. The normalized spacial score (nSPS) is 10.4. The zero-order chi connectivity index (χ0) is 8.43. The highest BCUT2D eigenvalue weighted by atomic mass is 16.3. The number of rotatable bonds is 2. The van der Waals surface area contributed by atoms with Gasteiger partial charge in [0.2, 0.25) is 0 Å². The lowest BCUT2D eigenvalue weighted by Gasteiger charge is -1.99. The summed E-state index contributed by atoms with van der Waals surface area (Å²) in [6, 6.07) is 0. The molecule has 0 aromatic carbocycles. The van der Waals surface area contributed by atoms with E-state index in [0.29, 0.717) is 17.9 Å². The number of hydrogen-bond donors (Lipinski definition) is 3. The van der Waals surface area contributed by atoms with Crippen LogP contribution >= 0.6 is 0 Å². The van der Waals surface area contributed by atoms with Crippen LogP contribution in [-0.2, 0) is 13.2 Å². The Morgan fingerprint density at radius 3 is 2.55 bits per heavy atom. The summed E-state index contributed by atoms with van der Waals surface area (Å²) in [4.78, 5) is 0. The molecular formula is C6H12N4O. The molecule has 62 valence electrons. The van der Waals surface area contributed by atoms with Crippen LogP contribution in [0.25, 0.3) is 0 Å². The molecule has 0 radical (unpaired) electrons. The van der Waals surface area contributed by atoms with Crippen LogP contribution in [0.15, 0.2) is 0 Å². The third-order valence-corrected chi connectivity index (χ3v) is 1.58. The number of aliphatic hydroxyl groups excluding tert-OH is 1. The molecule has 5 N–H and O–H groups in total. The largest absolute Gasteiger partial charge is 0.394 e. The fraction of sp³-hybridized carbons (Fsp3) is 0.500. The van der Waals surface area contributed by atoms with Crippen molar-refractivity contribution in [3.63, 3.8) is 0 Å². The Balaban J connectivity index is 3.15. The second-order valence-electron chi connectivity index (χ2n) is 2.22. The Kier molecular flexibility index (Phi) is 2.00. The first-order valence-electron chi connectivity index (χ1n) is 3.42. The molecule has 0 saturated carbocycles. The van der Waals surface area contributed by atoms with Crippen molar-refractivity contribution < 1.29 is 5.11 Å². The minimum absolute atomic E-state index is 0.121. The Bertz CT molecular complexity index is 255. The van der Waals surface area contributed by atoms with Crippen LogP contribution in [0.3, 0.4) is 0 Å². The fourth-order valence-corrected chi connectivity index (χ4v) is 0.960. The number of nitrogens with zero attached hydrogens (tertiary/aromatic N) is 2. The van der Waals surface area contributed by atoms with Crippen molar-refractivity contribution >= 4 is 11.5 Å². The number of hydrogen-bond acceptors (Lipinski definition) is 4. The molecule has 0 bridgehead atoms. The third-order valence-electron chi connectivity index (χ3n) is 1.58. The number of aromatic nitrogens is 2. The van der Waals surface area contributed by atoms with Crippen LogP contribution in [0, 0.1) is 0 Å². The smallest absolute Gasteiger partial charge is 0.169 e. The molecule has 5 heteroatoms. The molecule has 0 amide bonds. The Hall–Kier alpha value is -1.23. The molecule has 1 rings (SSSR count). The fourth-order valence-electron chi connectivity index (χ4n) is 0.960. The monoisotopic (exact) mass is 156 g/mol. The van der Waals surface area contributed by atoms with Crippen LogP contribution < -0.4 is 11.5 Å². The van der Waals surface area contributed by atoms with Gasteiger partial charge in [0.25, 0.3) is 0 Å². The zero-order valence-electron chi connectivity index (χ0n) is 6.41. The van der Waals surface area contributed by atoms with Crippen molar-refractivity contribution in [2.75, 3.05) is 11.5 Å². The van der Waals surface area contributed by atoms with Gasteiger partial charge in [-0.3, -0.25) is 4.68 Å². The first-order valence-corrected chi connectivity index (χ1v) is 3.42. The molecule has 0 fully saturated rings. The molecule has 0 aliphatic heterocycles. The predicted octanol–water partition coefficient (Wildman–Crippen LogP) is -0.440. The van der Waals surface area contributed by atoms with Crippen LogP contribution in [0.4, 0.5) is 11.5 Å². The lowest BCUT2D eigenvalue weighted by molar-refractivity contribution is 0.269. The standard InChI is InChI=1S/C6H12N4O/c1-2-10-4(3-11)5(7)6(8)9-10/h11H,2-3,7H2,1H3,(H2,8,9). The quantitative estimate of drug-likeness (QED) is 0.541. The van der Waals surface area contributed by atoms with E-state index in [1.54, 1.807) is 4.68 Å². The lowest BCUT2D eigenvalue weighted by Crippen LogP contribution is -2.03. The number of nitrogens with two attached hydrogens (primary N) is 2. The molecule has 5 nitrogen and oxygen atoms in total. The molecule has 1 heterocycles. The SMILES string of the molecule is CCn1nc(N)c(N)c1CO. The van der Waals surface area contributed by atoms with E-state index in [1.807, 2.05) is 6.92 Å². The van der Waals surface area contributed by atoms with Crippen molar-refractivity contribution in [3.05, 3.63) is 5.69 Å². The summed E-state index contributed by atoms with van der Waals surface area (Å²) in [5.74, 6) is 0.288. The summed E-state index contributed by atoms with van der Waals surface area (Å²) in [6.07, 6.45) is 0. The van der Waals surface area contributed by atoms with Gasteiger partial charge in [-0.2, -0.15) is 5.10 Å². The van der Waals surface area contributed by atoms with Gasteiger partial charge < -0.3 is 16.6 Å². The average molecular weight is 156 g/mol. The van der Waals surface area contributed by atoms with Gasteiger partial charge in [0.1, 0.15) is 0 Å². The number of aryl methyl sites for hydroxylation is 1. The van der Waals surface area contributed by atoms with Crippen LogP contribution in [-0.4, -0.2) is 14.9 Å². The van der Waals surface area contributed by atoms with E-state index in [9.17, 15) is 0 Å². The number of anilines is 2. The summed E-state index contributed by atoms with van der Waals surface area (Å²) >= 11 is 0. The van der Waals surface area contributed by atoms with Crippen LogP contribution in [0.2, 0.25) is 0 Å². The highest BCUT2D eigenvalue weighted by Gasteiger charge is 2.09. The maximum Gasteiger partial charge on any atom is 0.169 e. The van der Waals surface area contributed by atoms with Gasteiger partial charge in [-0.1, -0.05) is 0 Å². The minimum atomic E-state index is -0.121. The van der Waals surface area contributed by atoms with Crippen molar-refractivity contribution in [3.8, 4) is 0 Å². The molecular weight excluding hydrogens is 144 g/mol. The van der Waals surface area contributed by atoms with E-state index < -0.39 is 0 Å². The zero-order valence-corrected chi connectivity index (χ0v) is 6.41. The van der Waals surface area contributed by atoms with Crippen molar-refractivity contribution in [1.29, 1.82) is 0 Å². The molecule has 0 unspecified atom stereocenters. The third kappa shape index (κ3) is 1.14. The van der Waals surface area contributed by atoms with Gasteiger partial charge in [0.05, 0.1) is 18.0 Å². The second kappa shape index (κ2) is 2.79. The van der Waals surface area contributed by atoms with Crippen molar-refractivity contribution in [2.24, 2.45) is 0 Å². The van der Waals surface area contributed by atoms with Crippen molar-refractivity contribution in [1.82, 2.24) is 9.78 Å². The first kappa shape index (κ1) is 7.87. The summed E-state index contributed by atoms with van der Waals surface area (Å²) < 4.78 is 1.59. The summed E-state index contributed by atoms with van der Waals surface area (Å²) in [5, 5.41) is 12.8. The second-order valence-corrected chi connectivity index (χ2v) is 2.22. The van der Waals surface area contributed by atoms with E-state index in [2.05, 4.69) is 5.10 Å². The Morgan fingerprint density at radius 1 is 1.55 bits per heavy atom. The van der Waals surface area contributed by atoms with Crippen LogP contribution in [0.1, 0.15) is 12.6 Å². The average Bonchev–Trinajstić information content (AvgIpc) is 2.28. The van der Waals surface area contributed by atoms with Crippen LogP contribution in [0.5, 0.6) is 0 Å².